The second kappa shape index (κ2) is 5.28. The van der Waals surface area contributed by atoms with E-state index >= 15 is 0 Å². The average Bonchev–Trinajstić information content (AvgIpc) is 3.00. The van der Waals surface area contributed by atoms with Crippen LogP contribution in [0.25, 0.3) is 0 Å². The van der Waals surface area contributed by atoms with E-state index in [0.717, 1.165) is 17.8 Å². The Balaban J connectivity index is 2.17. The van der Waals surface area contributed by atoms with Crippen LogP contribution >= 0.6 is 11.3 Å². The standard InChI is InChI=1S/C12H14N2O2S/c1-16-12(15)10-7-17-11(14-10)9(6-13)8-4-2-3-5-8/h7-9H,2-5H2,1H3/t9-/m0/s1. The highest BCUT2D eigenvalue weighted by Crippen LogP contribution is 2.37. The molecule has 1 heterocycles. The zero-order valence-electron chi connectivity index (χ0n) is 9.68. The molecular formula is C12H14N2O2S. The summed E-state index contributed by atoms with van der Waals surface area (Å²) in [6.45, 7) is 0. The van der Waals surface area contributed by atoms with Crippen LogP contribution in [0.3, 0.4) is 0 Å². The normalized spacial score (nSPS) is 17.6. The number of carbonyl (C=O) groups is 1. The lowest BCUT2D eigenvalue weighted by atomic mass is 9.93. The maximum absolute atomic E-state index is 11.3. The van der Waals surface area contributed by atoms with E-state index in [2.05, 4.69) is 15.8 Å². The highest BCUT2D eigenvalue weighted by molar-refractivity contribution is 7.10. The molecule has 0 N–H and O–H groups in total. The minimum Gasteiger partial charge on any atom is -0.464 e. The van der Waals surface area contributed by atoms with Crippen molar-refractivity contribution in [2.75, 3.05) is 7.11 Å². The summed E-state index contributed by atoms with van der Waals surface area (Å²) >= 11 is 1.38. The third-order valence-corrected chi connectivity index (χ3v) is 4.12. The van der Waals surface area contributed by atoms with Crippen molar-refractivity contribution in [3.05, 3.63) is 16.1 Å². The van der Waals surface area contributed by atoms with E-state index in [4.69, 9.17) is 0 Å². The van der Waals surface area contributed by atoms with E-state index in [9.17, 15) is 10.1 Å². The summed E-state index contributed by atoms with van der Waals surface area (Å²) in [6, 6.07) is 2.33. The monoisotopic (exact) mass is 250 g/mol. The fraction of sp³-hybridized carbons (Fsp3) is 0.583. The van der Waals surface area contributed by atoms with Crippen LogP contribution in [0.2, 0.25) is 0 Å². The molecule has 17 heavy (non-hydrogen) atoms. The minimum atomic E-state index is -0.435. The summed E-state index contributed by atoms with van der Waals surface area (Å²) in [5.41, 5.74) is 0.311. The van der Waals surface area contributed by atoms with Gasteiger partial charge in [-0.3, -0.25) is 0 Å². The van der Waals surface area contributed by atoms with Gasteiger partial charge in [0.15, 0.2) is 5.69 Å². The van der Waals surface area contributed by atoms with E-state index in [1.54, 1.807) is 5.38 Å². The number of methoxy groups -OCH3 is 1. The Bertz CT molecular complexity index is 444. The molecular weight excluding hydrogens is 236 g/mol. The van der Waals surface area contributed by atoms with Crippen molar-refractivity contribution in [3.63, 3.8) is 0 Å². The number of ether oxygens (including phenoxy) is 1. The molecule has 2 rings (SSSR count). The predicted octanol–water partition coefficient (Wildman–Crippen LogP) is 2.73. The smallest absolute Gasteiger partial charge is 0.357 e. The predicted molar refractivity (Wildman–Crippen MR) is 63.8 cm³/mol. The molecule has 0 saturated heterocycles. The van der Waals surface area contributed by atoms with Crippen LogP contribution < -0.4 is 0 Å². The molecule has 0 bridgehead atoms. The van der Waals surface area contributed by atoms with E-state index in [-0.39, 0.29) is 5.92 Å². The number of hydrogen-bond acceptors (Lipinski definition) is 5. The first kappa shape index (κ1) is 12.1. The quantitative estimate of drug-likeness (QED) is 0.774. The number of thiazole rings is 1. The van der Waals surface area contributed by atoms with Gasteiger partial charge in [-0.2, -0.15) is 5.26 Å². The zero-order valence-corrected chi connectivity index (χ0v) is 10.5. The Morgan fingerprint density at radius 2 is 2.35 bits per heavy atom. The lowest BCUT2D eigenvalue weighted by Crippen LogP contribution is -2.08. The SMILES string of the molecule is COC(=O)c1csc([C@@H](C#N)C2CCCC2)n1. The second-order valence-electron chi connectivity index (χ2n) is 4.21. The van der Waals surface area contributed by atoms with Crippen LogP contribution in [-0.2, 0) is 4.74 Å². The van der Waals surface area contributed by atoms with E-state index in [0.29, 0.717) is 11.6 Å². The molecule has 5 heteroatoms. The molecule has 0 unspecified atom stereocenters. The summed E-state index contributed by atoms with van der Waals surface area (Å²) in [6.07, 6.45) is 4.56. The Morgan fingerprint density at radius 3 is 2.94 bits per heavy atom. The summed E-state index contributed by atoms with van der Waals surface area (Å²) < 4.78 is 4.61. The van der Waals surface area contributed by atoms with Crippen molar-refractivity contribution in [3.8, 4) is 6.07 Å². The summed E-state index contributed by atoms with van der Waals surface area (Å²) in [7, 11) is 1.33. The zero-order chi connectivity index (χ0) is 12.3. The van der Waals surface area contributed by atoms with Gasteiger partial charge in [-0.05, 0) is 18.8 Å². The molecule has 1 atom stereocenters. The van der Waals surface area contributed by atoms with E-state index in [1.807, 2.05) is 0 Å². The Labute approximate surface area is 104 Å². The molecule has 1 aliphatic rings. The van der Waals surface area contributed by atoms with Gasteiger partial charge >= 0.3 is 5.97 Å². The average molecular weight is 250 g/mol. The number of carbonyl (C=O) groups excluding carboxylic acids is 1. The highest BCUT2D eigenvalue weighted by atomic mass is 32.1. The van der Waals surface area contributed by atoms with Gasteiger partial charge in [0, 0.05) is 5.38 Å². The third kappa shape index (κ3) is 2.47. The minimum absolute atomic E-state index is 0.166. The van der Waals surface area contributed by atoms with Crippen molar-refractivity contribution in [2.45, 2.75) is 31.6 Å². The summed E-state index contributed by atoms with van der Waals surface area (Å²) in [4.78, 5) is 15.5. The number of nitriles is 1. The number of esters is 1. The van der Waals surface area contributed by atoms with Crippen LogP contribution in [0.4, 0.5) is 0 Å². The number of aromatic nitrogens is 1. The molecule has 1 fully saturated rings. The van der Waals surface area contributed by atoms with Crippen LogP contribution in [0.1, 0.15) is 47.1 Å². The number of hydrogen-bond donors (Lipinski definition) is 0. The second-order valence-corrected chi connectivity index (χ2v) is 5.10. The van der Waals surface area contributed by atoms with Gasteiger partial charge in [-0.15, -0.1) is 11.3 Å². The first-order chi connectivity index (χ1) is 8.26. The van der Waals surface area contributed by atoms with Crippen molar-refractivity contribution in [1.82, 2.24) is 4.98 Å². The highest BCUT2D eigenvalue weighted by Gasteiger charge is 2.29. The van der Waals surface area contributed by atoms with E-state index in [1.165, 1.54) is 31.3 Å². The topological polar surface area (TPSA) is 63.0 Å². The molecule has 1 saturated carbocycles. The fourth-order valence-corrected chi connectivity index (χ4v) is 3.21. The number of rotatable bonds is 3. The molecule has 0 aliphatic heterocycles. The first-order valence-corrected chi connectivity index (χ1v) is 6.57. The number of nitrogens with zero attached hydrogens (tertiary/aromatic N) is 2. The maximum Gasteiger partial charge on any atom is 0.357 e. The molecule has 1 aliphatic carbocycles. The Hall–Kier alpha value is -1.41. The van der Waals surface area contributed by atoms with Gasteiger partial charge in [0.2, 0.25) is 0 Å². The molecule has 0 amide bonds. The fourth-order valence-electron chi connectivity index (χ4n) is 2.28. The van der Waals surface area contributed by atoms with Gasteiger partial charge in [0.25, 0.3) is 0 Å². The molecule has 0 spiro atoms. The Kier molecular flexibility index (Phi) is 3.75. The van der Waals surface area contributed by atoms with Crippen LogP contribution in [0, 0.1) is 17.2 Å². The van der Waals surface area contributed by atoms with Gasteiger partial charge < -0.3 is 4.74 Å². The molecule has 90 valence electrons. The molecule has 4 nitrogen and oxygen atoms in total. The first-order valence-electron chi connectivity index (χ1n) is 5.69. The van der Waals surface area contributed by atoms with Crippen molar-refractivity contribution in [2.24, 2.45) is 5.92 Å². The van der Waals surface area contributed by atoms with Crippen molar-refractivity contribution in [1.29, 1.82) is 5.26 Å². The molecule has 0 radical (unpaired) electrons. The largest absolute Gasteiger partial charge is 0.464 e. The van der Waals surface area contributed by atoms with E-state index < -0.39 is 5.97 Å². The van der Waals surface area contributed by atoms with Gasteiger partial charge in [-0.1, -0.05) is 12.8 Å². The van der Waals surface area contributed by atoms with Gasteiger partial charge in [0.1, 0.15) is 10.9 Å². The van der Waals surface area contributed by atoms with Crippen molar-refractivity contribution < 1.29 is 9.53 Å². The van der Waals surface area contributed by atoms with Gasteiger partial charge in [0.05, 0.1) is 13.2 Å². The summed E-state index contributed by atoms with van der Waals surface area (Å²) in [5.74, 6) is -0.201. The summed E-state index contributed by atoms with van der Waals surface area (Å²) in [5, 5.41) is 11.7. The van der Waals surface area contributed by atoms with Crippen LogP contribution in [-0.4, -0.2) is 18.1 Å². The molecule has 1 aromatic heterocycles. The van der Waals surface area contributed by atoms with Crippen LogP contribution in [0.5, 0.6) is 0 Å². The van der Waals surface area contributed by atoms with Crippen LogP contribution in [0.15, 0.2) is 5.38 Å². The third-order valence-electron chi connectivity index (χ3n) is 3.19. The van der Waals surface area contributed by atoms with Crippen molar-refractivity contribution >= 4 is 17.3 Å². The van der Waals surface area contributed by atoms with Gasteiger partial charge in [-0.25, -0.2) is 9.78 Å². The Morgan fingerprint density at radius 1 is 1.65 bits per heavy atom. The molecule has 1 aromatic rings. The maximum atomic E-state index is 11.3. The lowest BCUT2D eigenvalue weighted by molar-refractivity contribution is 0.0594. The molecule has 0 aromatic carbocycles. The lowest BCUT2D eigenvalue weighted by Gasteiger charge is -2.12.